The van der Waals surface area contributed by atoms with Gasteiger partial charge in [-0.3, -0.25) is 9.36 Å². The second-order valence-corrected chi connectivity index (χ2v) is 8.94. The Morgan fingerprint density at radius 2 is 1.84 bits per heavy atom. The summed E-state index contributed by atoms with van der Waals surface area (Å²) in [6, 6.07) is 16.1. The Kier molecular flexibility index (Phi) is 5.94. The molecule has 0 saturated carbocycles. The highest BCUT2D eigenvalue weighted by atomic mass is 35.5. The van der Waals surface area contributed by atoms with E-state index in [4.69, 9.17) is 16.3 Å². The maximum Gasteiger partial charge on any atom is 0.338 e. The molecule has 0 bridgehead atoms. The highest BCUT2D eigenvalue weighted by Gasteiger charge is 2.33. The molecule has 0 spiro atoms. The standard InChI is InChI=1S/C24H21ClN2O3S/c1-14(2)30-23(29)20-15(3)26-24-27(21(20)17-9-11-18(25)12-10-17)22(28)19(31-24)13-16-7-5-4-6-8-16/h4-14,21H,1-3H3/t21-/m0/s1. The average Bonchev–Trinajstić information content (AvgIpc) is 3.02. The monoisotopic (exact) mass is 452 g/mol. The number of rotatable bonds is 4. The second kappa shape index (κ2) is 8.65. The number of halogens is 1. The zero-order valence-corrected chi connectivity index (χ0v) is 18.9. The van der Waals surface area contributed by atoms with Crippen molar-refractivity contribution in [2.75, 3.05) is 0 Å². The molecule has 5 nitrogen and oxygen atoms in total. The summed E-state index contributed by atoms with van der Waals surface area (Å²) in [6.07, 6.45) is 1.55. The molecule has 4 rings (SSSR count). The highest BCUT2D eigenvalue weighted by molar-refractivity contribution is 7.07. The van der Waals surface area contributed by atoms with Crippen LogP contribution in [0, 0.1) is 0 Å². The first kappa shape index (κ1) is 21.3. The fourth-order valence-corrected chi connectivity index (χ4v) is 4.69. The fourth-order valence-electron chi connectivity index (χ4n) is 3.52. The molecular formula is C24H21ClN2O3S. The number of aromatic nitrogens is 1. The van der Waals surface area contributed by atoms with E-state index in [2.05, 4.69) is 4.99 Å². The van der Waals surface area contributed by atoms with Crippen LogP contribution in [0.2, 0.25) is 5.02 Å². The topological polar surface area (TPSA) is 60.7 Å². The first-order valence-corrected chi connectivity index (χ1v) is 11.1. The van der Waals surface area contributed by atoms with Crippen LogP contribution in [0.5, 0.6) is 0 Å². The normalized spacial score (nSPS) is 16.3. The van der Waals surface area contributed by atoms with E-state index in [0.29, 0.717) is 25.6 Å². The smallest absolute Gasteiger partial charge is 0.338 e. The highest BCUT2D eigenvalue weighted by Crippen LogP contribution is 2.31. The van der Waals surface area contributed by atoms with Crippen LogP contribution in [0.25, 0.3) is 6.08 Å². The van der Waals surface area contributed by atoms with E-state index in [9.17, 15) is 9.59 Å². The molecule has 2 aromatic carbocycles. The van der Waals surface area contributed by atoms with E-state index in [1.807, 2.05) is 48.5 Å². The summed E-state index contributed by atoms with van der Waals surface area (Å²) >= 11 is 7.38. The first-order valence-electron chi connectivity index (χ1n) is 9.89. The van der Waals surface area contributed by atoms with Crippen LogP contribution < -0.4 is 14.9 Å². The Morgan fingerprint density at radius 1 is 1.16 bits per heavy atom. The van der Waals surface area contributed by atoms with Crippen molar-refractivity contribution < 1.29 is 9.53 Å². The number of hydrogen-bond acceptors (Lipinski definition) is 5. The Hall–Kier alpha value is -2.96. The van der Waals surface area contributed by atoms with Crippen molar-refractivity contribution in [3.8, 4) is 0 Å². The van der Waals surface area contributed by atoms with Crippen LogP contribution in [0.3, 0.4) is 0 Å². The van der Waals surface area contributed by atoms with Crippen molar-refractivity contribution in [2.24, 2.45) is 4.99 Å². The third-order valence-electron chi connectivity index (χ3n) is 4.87. The molecule has 0 radical (unpaired) electrons. The summed E-state index contributed by atoms with van der Waals surface area (Å²) in [7, 11) is 0. The van der Waals surface area contributed by atoms with Crippen molar-refractivity contribution in [3.63, 3.8) is 0 Å². The number of carbonyl (C=O) groups is 1. The van der Waals surface area contributed by atoms with Crippen LogP contribution in [0.1, 0.15) is 37.9 Å². The molecule has 158 valence electrons. The zero-order chi connectivity index (χ0) is 22.1. The fraction of sp³-hybridized carbons (Fsp3) is 0.208. The quantitative estimate of drug-likeness (QED) is 0.565. The largest absolute Gasteiger partial charge is 0.459 e. The number of allylic oxidation sites excluding steroid dienone is 1. The van der Waals surface area contributed by atoms with Gasteiger partial charge < -0.3 is 4.74 Å². The van der Waals surface area contributed by atoms with Crippen molar-refractivity contribution in [3.05, 3.63) is 102 Å². The molecule has 0 aliphatic carbocycles. The van der Waals surface area contributed by atoms with Gasteiger partial charge in [0.25, 0.3) is 5.56 Å². The van der Waals surface area contributed by atoms with E-state index in [1.54, 1.807) is 37.5 Å². The summed E-state index contributed by atoms with van der Waals surface area (Å²) < 4.78 is 7.62. The first-order chi connectivity index (χ1) is 14.8. The van der Waals surface area contributed by atoms with Gasteiger partial charge in [-0.05, 0) is 50.1 Å². The number of hydrogen-bond donors (Lipinski definition) is 0. The molecule has 1 aliphatic heterocycles. The van der Waals surface area contributed by atoms with Gasteiger partial charge in [0.1, 0.15) is 0 Å². The lowest BCUT2D eigenvalue weighted by Crippen LogP contribution is -2.40. The second-order valence-electron chi connectivity index (χ2n) is 7.50. The molecular weight excluding hydrogens is 432 g/mol. The minimum atomic E-state index is -0.641. The minimum absolute atomic E-state index is 0.199. The lowest BCUT2D eigenvalue weighted by Gasteiger charge is -2.25. The van der Waals surface area contributed by atoms with Gasteiger partial charge in [-0.1, -0.05) is 65.4 Å². The molecule has 1 atom stereocenters. The number of esters is 1. The Morgan fingerprint density at radius 3 is 2.48 bits per heavy atom. The lowest BCUT2D eigenvalue weighted by atomic mass is 9.96. The summed E-state index contributed by atoms with van der Waals surface area (Å²) in [4.78, 5) is 31.6. The van der Waals surface area contributed by atoms with E-state index in [-0.39, 0.29) is 11.7 Å². The van der Waals surface area contributed by atoms with Crippen molar-refractivity contribution >= 4 is 35.0 Å². The van der Waals surface area contributed by atoms with E-state index in [0.717, 1.165) is 11.1 Å². The molecule has 2 heterocycles. The average molecular weight is 453 g/mol. The third-order valence-corrected chi connectivity index (χ3v) is 6.10. The summed E-state index contributed by atoms with van der Waals surface area (Å²) in [5.74, 6) is -0.478. The maximum atomic E-state index is 13.4. The van der Waals surface area contributed by atoms with Crippen LogP contribution in [0.15, 0.2) is 75.7 Å². The minimum Gasteiger partial charge on any atom is -0.459 e. The summed E-state index contributed by atoms with van der Waals surface area (Å²) in [5, 5.41) is 0.576. The summed E-state index contributed by atoms with van der Waals surface area (Å²) in [6.45, 7) is 5.36. The number of carbonyl (C=O) groups excluding carboxylic acids is 1. The molecule has 0 unspecified atom stereocenters. The summed E-state index contributed by atoms with van der Waals surface area (Å²) in [5.41, 5.74) is 2.38. The molecule has 7 heteroatoms. The van der Waals surface area contributed by atoms with Crippen molar-refractivity contribution in [2.45, 2.75) is 32.9 Å². The van der Waals surface area contributed by atoms with Gasteiger partial charge >= 0.3 is 5.97 Å². The van der Waals surface area contributed by atoms with E-state index < -0.39 is 12.0 Å². The van der Waals surface area contributed by atoms with Crippen LogP contribution in [-0.2, 0) is 9.53 Å². The van der Waals surface area contributed by atoms with Gasteiger partial charge in [-0.15, -0.1) is 0 Å². The number of benzene rings is 2. The third kappa shape index (κ3) is 4.27. The maximum absolute atomic E-state index is 13.4. The van der Waals surface area contributed by atoms with Crippen LogP contribution >= 0.6 is 22.9 Å². The van der Waals surface area contributed by atoms with Gasteiger partial charge in [0, 0.05) is 5.02 Å². The van der Waals surface area contributed by atoms with Crippen molar-refractivity contribution in [1.82, 2.24) is 4.57 Å². The molecule has 0 N–H and O–H groups in total. The number of fused-ring (bicyclic) bond motifs is 1. The van der Waals surface area contributed by atoms with Gasteiger partial charge in [-0.2, -0.15) is 0 Å². The van der Waals surface area contributed by atoms with E-state index >= 15 is 0 Å². The lowest BCUT2D eigenvalue weighted by molar-refractivity contribution is -0.143. The molecule has 31 heavy (non-hydrogen) atoms. The van der Waals surface area contributed by atoms with Gasteiger partial charge in [0.15, 0.2) is 4.80 Å². The Labute approximate surface area is 188 Å². The number of nitrogens with zero attached hydrogens (tertiary/aromatic N) is 2. The molecule has 0 saturated heterocycles. The number of ether oxygens (including phenoxy) is 1. The molecule has 3 aromatic rings. The van der Waals surface area contributed by atoms with Crippen molar-refractivity contribution in [1.29, 1.82) is 0 Å². The SMILES string of the molecule is CC1=C(C(=O)OC(C)C)[C@H](c2ccc(Cl)cc2)n2c(sc(=Cc3ccccc3)c2=O)=N1. The predicted octanol–water partition coefficient (Wildman–Crippen LogP) is 3.84. The van der Waals surface area contributed by atoms with Gasteiger partial charge in [-0.25, -0.2) is 9.79 Å². The van der Waals surface area contributed by atoms with E-state index in [1.165, 1.54) is 11.3 Å². The predicted molar refractivity (Wildman–Crippen MR) is 123 cm³/mol. The Bertz CT molecular complexity index is 1340. The molecule has 1 aromatic heterocycles. The molecule has 0 amide bonds. The van der Waals surface area contributed by atoms with Crippen LogP contribution in [0.4, 0.5) is 0 Å². The van der Waals surface area contributed by atoms with Gasteiger partial charge in [0.2, 0.25) is 0 Å². The van der Waals surface area contributed by atoms with Gasteiger partial charge in [0.05, 0.1) is 27.9 Å². The van der Waals surface area contributed by atoms with Crippen LogP contribution in [-0.4, -0.2) is 16.6 Å². The Balaban J connectivity index is 1.95. The molecule has 0 fully saturated rings. The zero-order valence-electron chi connectivity index (χ0n) is 17.3. The molecule has 1 aliphatic rings. The number of thiazole rings is 1.